The minimum atomic E-state index is -1.22. The van der Waals surface area contributed by atoms with Crippen LogP contribution in [0.1, 0.15) is 5.56 Å². The van der Waals surface area contributed by atoms with Gasteiger partial charge in [0.2, 0.25) is 5.91 Å². The highest BCUT2D eigenvalue weighted by Crippen LogP contribution is 2.32. The van der Waals surface area contributed by atoms with Crippen molar-refractivity contribution in [2.75, 3.05) is 13.1 Å². The number of nitrogens with zero attached hydrogens (tertiary/aromatic N) is 1. The minimum Gasteiger partial charge on any atom is -0.480 e. The molecule has 1 fully saturated rings. The highest BCUT2D eigenvalue weighted by molar-refractivity contribution is 8.18. The number of amides is 3. The maximum atomic E-state index is 12.5. The van der Waals surface area contributed by atoms with E-state index in [2.05, 4.69) is 5.32 Å². The molecule has 2 aromatic carbocycles. The lowest BCUT2D eigenvalue weighted by molar-refractivity contribution is -0.138. The zero-order chi connectivity index (χ0) is 20.8. The Bertz CT molecular complexity index is 989. The van der Waals surface area contributed by atoms with E-state index in [1.807, 2.05) is 30.3 Å². The fourth-order valence-corrected chi connectivity index (χ4v) is 3.29. The number of para-hydroxylation sites is 1. The van der Waals surface area contributed by atoms with Crippen LogP contribution in [0.3, 0.4) is 0 Å². The Balaban J connectivity index is 1.70. The van der Waals surface area contributed by atoms with Gasteiger partial charge in [-0.3, -0.25) is 24.1 Å². The maximum absolute atomic E-state index is 12.5. The number of hydrogen-bond donors (Lipinski definition) is 2. The average molecular weight is 412 g/mol. The number of hydrogen-bond acceptors (Lipinski definition) is 6. The average Bonchev–Trinajstić information content (AvgIpc) is 2.95. The standard InChI is InChI=1S/C20H16N2O6S/c23-17(21-11-18(24)25)12-22-19(26)16(29-20(22)27)10-13-5-4-8-15(9-13)28-14-6-2-1-3-7-14/h1-10H,11-12H2,(H,21,23)(H,24,25)/b16-10-. The number of imide groups is 1. The van der Waals surface area contributed by atoms with E-state index in [1.165, 1.54) is 6.08 Å². The van der Waals surface area contributed by atoms with Crippen LogP contribution >= 0.6 is 11.8 Å². The van der Waals surface area contributed by atoms with Gasteiger partial charge in [-0.1, -0.05) is 30.3 Å². The number of aliphatic carboxylic acids is 1. The number of rotatable bonds is 7. The van der Waals surface area contributed by atoms with Crippen LogP contribution in [0.4, 0.5) is 4.79 Å². The van der Waals surface area contributed by atoms with Crippen molar-refractivity contribution >= 4 is 40.9 Å². The largest absolute Gasteiger partial charge is 0.480 e. The molecule has 3 amide bonds. The highest BCUT2D eigenvalue weighted by atomic mass is 32.2. The van der Waals surface area contributed by atoms with Gasteiger partial charge in [-0.2, -0.15) is 0 Å². The van der Waals surface area contributed by atoms with Crippen LogP contribution in [0.5, 0.6) is 11.5 Å². The fourth-order valence-electron chi connectivity index (χ4n) is 2.45. The van der Waals surface area contributed by atoms with Gasteiger partial charge in [0.05, 0.1) is 4.91 Å². The van der Waals surface area contributed by atoms with Crippen molar-refractivity contribution < 1.29 is 29.0 Å². The molecule has 9 heteroatoms. The second kappa shape index (κ2) is 9.07. The molecule has 3 rings (SSSR count). The number of benzene rings is 2. The quantitative estimate of drug-likeness (QED) is 0.672. The smallest absolute Gasteiger partial charge is 0.322 e. The molecule has 148 valence electrons. The molecule has 0 spiro atoms. The summed E-state index contributed by atoms with van der Waals surface area (Å²) in [4.78, 5) is 47.7. The van der Waals surface area contributed by atoms with Crippen LogP contribution in [0.15, 0.2) is 59.5 Å². The molecule has 2 aromatic rings. The Hall–Kier alpha value is -3.59. The number of nitrogens with one attached hydrogen (secondary N) is 1. The van der Waals surface area contributed by atoms with Gasteiger partial charge < -0.3 is 15.2 Å². The molecule has 29 heavy (non-hydrogen) atoms. The summed E-state index contributed by atoms with van der Waals surface area (Å²) in [6.45, 7) is -1.12. The molecule has 0 saturated carbocycles. The van der Waals surface area contributed by atoms with E-state index >= 15 is 0 Å². The summed E-state index contributed by atoms with van der Waals surface area (Å²) >= 11 is 0.714. The van der Waals surface area contributed by atoms with E-state index in [4.69, 9.17) is 9.84 Å². The molecule has 0 atom stereocenters. The van der Waals surface area contributed by atoms with Crippen LogP contribution in [-0.4, -0.2) is 46.1 Å². The lowest BCUT2D eigenvalue weighted by Gasteiger charge is -2.11. The summed E-state index contributed by atoms with van der Waals surface area (Å²) in [6, 6.07) is 16.2. The Labute approximate surface area is 170 Å². The number of carbonyl (C=O) groups is 4. The third-order valence-electron chi connectivity index (χ3n) is 3.75. The van der Waals surface area contributed by atoms with E-state index < -0.39 is 36.1 Å². The van der Waals surface area contributed by atoms with Crippen molar-refractivity contribution in [1.82, 2.24) is 10.2 Å². The van der Waals surface area contributed by atoms with Gasteiger partial charge in [0.25, 0.3) is 11.1 Å². The van der Waals surface area contributed by atoms with Crippen LogP contribution in [0, 0.1) is 0 Å². The molecule has 0 radical (unpaired) electrons. The highest BCUT2D eigenvalue weighted by Gasteiger charge is 2.36. The molecule has 0 aromatic heterocycles. The lowest BCUT2D eigenvalue weighted by Crippen LogP contribution is -2.41. The molecule has 0 aliphatic carbocycles. The van der Waals surface area contributed by atoms with Crippen molar-refractivity contribution in [3.8, 4) is 11.5 Å². The summed E-state index contributed by atoms with van der Waals surface area (Å²) in [7, 11) is 0. The zero-order valence-electron chi connectivity index (χ0n) is 15.0. The SMILES string of the molecule is O=C(O)CNC(=O)CN1C(=O)S/C(=C\c2cccc(Oc3ccccc3)c2)C1=O. The van der Waals surface area contributed by atoms with Crippen molar-refractivity contribution in [2.45, 2.75) is 0 Å². The van der Waals surface area contributed by atoms with E-state index in [0.717, 1.165) is 4.90 Å². The number of carboxylic acid groups (broad SMARTS) is 1. The Morgan fingerprint density at radius 3 is 2.52 bits per heavy atom. The predicted molar refractivity (Wildman–Crippen MR) is 106 cm³/mol. The van der Waals surface area contributed by atoms with Crippen LogP contribution in [0.25, 0.3) is 6.08 Å². The first-order chi connectivity index (χ1) is 13.9. The van der Waals surface area contributed by atoms with Gasteiger partial charge in [-0.25, -0.2) is 0 Å². The number of ether oxygens (including phenoxy) is 1. The third-order valence-corrected chi connectivity index (χ3v) is 4.65. The topological polar surface area (TPSA) is 113 Å². The van der Waals surface area contributed by atoms with Gasteiger partial charge in [0, 0.05) is 0 Å². The van der Waals surface area contributed by atoms with Gasteiger partial charge in [-0.15, -0.1) is 0 Å². The third kappa shape index (κ3) is 5.45. The second-order valence-corrected chi connectivity index (χ2v) is 6.92. The number of thioether (sulfide) groups is 1. The lowest BCUT2D eigenvalue weighted by atomic mass is 10.2. The van der Waals surface area contributed by atoms with Gasteiger partial charge >= 0.3 is 5.97 Å². The molecular formula is C20H16N2O6S. The molecule has 2 N–H and O–H groups in total. The van der Waals surface area contributed by atoms with Crippen molar-refractivity contribution in [1.29, 1.82) is 0 Å². The van der Waals surface area contributed by atoms with E-state index in [0.29, 0.717) is 28.8 Å². The number of carbonyl (C=O) groups excluding carboxylic acids is 3. The fraction of sp³-hybridized carbons (Fsp3) is 0.100. The summed E-state index contributed by atoms with van der Waals surface area (Å²) in [5.74, 6) is -1.33. The van der Waals surface area contributed by atoms with Crippen molar-refractivity contribution in [3.05, 3.63) is 65.1 Å². The van der Waals surface area contributed by atoms with Gasteiger partial charge in [0.15, 0.2) is 0 Å². The van der Waals surface area contributed by atoms with Crippen LogP contribution in [0.2, 0.25) is 0 Å². The Morgan fingerprint density at radius 1 is 1.07 bits per heavy atom. The predicted octanol–water partition coefficient (Wildman–Crippen LogP) is 2.72. The van der Waals surface area contributed by atoms with Gasteiger partial charge in [0.1, 0.15) is 24.6 Å². The van der Waals surface area contributed by atoms with E-state index in [-0.39, 0.29) is 4.91 Å². The van der Waals surface area contributed by atoms with Crippen LogP contribution < -0.4 is 10.1 Å². The molecule has 8 nitrogen and oxygen atoms in total. The zero-order valence-corrected chi connectivity index (χ0v) is 15.8. The Kier molecular flexibility index (Phi) is 6.30. The molecule has 1 aliphatic rings. The minimum absolute atomic E-state index is 0.165. The monoisotopic (exact) mass is 412 g/mol. The van der Waals surface area contributed by atoms with Crippen molar-refractivity contribution in [2.24, 2.45) is 0 Å². The maximum Gasteiger partial charge on any atom is 0.322 e. The first-order valence-electron chi connectivity index (χ1n) is 8.49. The first-order valence-corrected chi connectivity index (χ1v) is 9.31. The van der Waals surface area contributed by atoms with E-state index in [1.54, 1.807) is 24.3 Å². The summed E-state index contributed by atoms with van der Waals surface area (Å²) in [5, 5.41) is 10.1. The molecule has 0 unspecified atom stereocenters. The first kappa shape index (κ1) is 20.2. The Morgan fingerprint density at radius 2 is 1.79 bits per heavy atom. The van der Waals surface area contributed by atoms with Gasteiger partial charge in [-0.05, 0) is 47.7 Å². The number of carboxylic acids is 1. The molecule has 1 saturated heterocycles. The molecule has 0 bridgehead atoms. The summed E-state index contributed by atoms with van der Waals surface area (Å²) < 4.78 is 5.75. The molecule has 1 heterocycles. The molecular weight excluding hydrogens is 396 g/mol. The second-order valence-electron chi connectivity index (χ2n) is 5.93. The molecule has 1 aliphatic heterocycles. The normalized spacial score (nSPS) is 14.9. The van der Waals surface area contributed by atoms with Crippen molar-refractivity contribution in [3.63, 3.8) is 0 Å². The van der Waals surface area contributed by atoms with E-state index in [9.17, 15) is 19.2 Å². The van der Waals surface area contributed by atoms with Crippen LogP contribution in [-0.2, 0) is 14.4 Å². The summed E-state index contributed by atoms with van der Waals surface area (Å²) in [5.41, 5.74) is 0.652. The summed E-state index contributed by atoms with van der Waals surface area (Å²) in [6.07, 6.45) is 1.54.